The number of hydrogen-bond acceptors (Lipinski definition) is 4. The monoisotopic (exact) mass is 378 g/mol. The molecular formula is C22H26N4O2. The van der Waals surface area contributed by atoms with E-state index in [2.05, 4.69) is 10.4 Å². The van der Waals surface area contributed by atoms with Gasteiger partial charge < -0.3 is 10.2 Å². The van der Waals surface area contributed by atoms with Crippen molar-refractivity contribution in [2.45, 2.75) is 26.9 Å². The Morgan fingerprint density at radius 3 is 2.50 bits per heavy atom. The minimum Gasteiger partial charge on any atom is -0.378 e. The minimum atomic E-state index is -0.288. The van der Waals surface area contributed by atoms with Gasteiger partial charge in [0.15, 0.2) is 5.69 Å². The minimum absolute atomic E-state index is 0.167. The first-order valence-corrected chi connectivity index (χ1v) is 9.41. The second-order valence-corrected chi connectivity index (χ2v) is 7.52. The van der Waals surface area contributed by atoms with E-state index in [0.29, 0.717) is 23.9 Å². The maximum absolute atomic E-state index is 12.9. The second kappa shape index (κ2) is 8.25. The van der Waals surface area contributed by atoms with Gasteiger partial charge in [-0.25, -0.2) is 4.68 Å². The van der Waals surface area contributed by atoms with Crippen LogP contribution < -0.4 is 15.8 Å². The molecule has 1 aromatic heterocycles. The van der Waals surface area contributed by atoms with Gasteiger partial charge in [0, 0.05) is 38.3 Å². The van der Waals surface area contributed by atoms with Crippen molar-refractivity contribution in [3.8, 4) is 0 Å². The van der Waals surface area contributed by atoms with Gasteiger partial charge in [0.25, 0.3) is 11.5 Å². The predicted molar refractivity (Wildman–Crippen MR) is 113 cm³/mol. The molecule has 2 aromatic carbocycles. The van der Waals surface area contributed by atoms with Gasteiger partial charge in [-0.3, -0.25) is 9.59 Å². The smallest absolute Gasteiger partial charge is 0.274 e. The number of hydrogen-bond donors (Lipinski definition) is 1. The van der Waals surface area contributed by atoms with E-state index < -0.39 is 0 Å². The number of carbonyl (C=O) groups is 1. The highest BCUT2D eigenvalue weighted by Gasteiger charge is 2.17. The number of benzene rings is 2. The number of nitrogens with zero attached hydrogens (tertiary/aromatic N) is 3. The molecule has 1 N–H and O–H groups in total. The largest absolute Gasteiger partial charge is 0.378 e. The van der Waals surface area contributed by atoms with Crippen LogP contribution >= 0.6 is 0 Å². The van der Waals surface area contributed by atoms with Crippen LogP contribution in [0.5, 0.6) is 0 Å². The van der Waals surface area contributed by atoms with Crippen molar-refractivity contribution in [1.82, 2.24) is 15.1 Å². The lowest BCUT2D eigenvalue weighted by atomic mass is 10.1. The Morgan fingerprint density at radius 1 is 1.11 bits per heavy atom. The second-order valence-electron chi connectivity index (χ2n) is 7.52. The summed E-state index contributed by atoms with van der Waals surface area (Å²) in [5.41, 5.74) is 2.18. The fraction of sp³-hybridized carbons (Fsp3) is 0.318. The zero-order valence-electron chi connectivity index (χ0n) is 16.8. The molecule has 3 aromatic rings. The topological polar surface area (TPSA) is 67.2 Å². The summed E-state index contributed by atoms with van der Waals surface area (Å²) in [6.45, 7) is 4.89. The Balaban J connectivity index is 1.92. The number of amides is 1. The molecule has 0 atom stereocenters. The first-order chi connectivity index (χ1) is 13.4. The van der Waals surface area contributed by atoms with E-state index >= 15 is 0 Å². The van der Waals surface area contributed by atoms with Gasteiger partial charge in [-0.1, -0.05) is 44.2 Å². The molecule has 1 heterocycles. The lowest BCUT2D eigenvalue weighted by Crippen LogP contribution is -2.31. The summed E-state index contributed by atoms with van der Waals surface area (Å²) in [4.78, 5) is 27.6. The van der Waals surface area contributed by atoms with Crippen LogP contribution in [-0.2, 0) is 13.1 Å². The van der Waals surface area contributed by atoms with Gasteiger partial charge in [0.2, 0.25) is 0 Å². The summed E-state index contributed by atoms with van der Waals surface area (Å²) in [7, 11) is 3.96. The summed E-state index contributed by atoms with van der Waals surface area (Å²) in [6.07, 6.45) is 0. The molecule has 6 heteroatoms. The summed E-state index contributed by atoms with van der Waals surface area (Å²) < 4.78 is 1.40. The fourth-order valence-corrected chi connectivity index (χ4v) is 3.08. The number of nitrogens with one attached hydrogen (secondary N) is 1. The number of rotatable bonds is 6. The third-order valence-electron chi connectivity index (χ3n) is 4.50. The molecule has 146 valence electrons. The molecule has 0 saturated carbocycles. The van der Waals surface area contributed by atoms with Gasteiger partial charge in [-0.15, -0.1) is 0 Å². The van der Waals surface area contributed by atoms with Crippen LogP contribution in [0.2, 0.25) is 0 Å². The number of fused-ring (bicyclic) bond motifs is 1. The Hall–Kier alpha value is -3.15. The van der Waals surface area contributed by atoms with E-state index in [1.807, 2.05) is 63.2 Å². The van der Waals surface area contributed by atoms with Crippen molar-refractivity contribution in [1.29, 1.82) is 0 Å². The summed E-state index contributed by atoms with van der Waals surface area (Å²) in [6, 6.07) is 15.1. The zero-order chi connectivity index (χ0) is 20.3. The highest BCUT2D eigenvalue weighted by molar-refractivity contribution is 6.04. The molecule has 0 aliphatic carbocycles. The van der Waals surface area contributed by atoms with Gasteiger partial charge in [-0.2, -0.15) is 5.10 Å². The number of aromatic nitrogens is 2. The van der Waals surface area contributed by atoms with Crippen molar-refractivity contribution in [3.05, 3.63) is 70.1 Å². The number of carbonyl (C=O) groups excluding carboxylic acids is 1. The van der Waals surface area contributed by atoms with E-state index in [9.17, 15) is 9.59 Å². The van der Waals surface area contributed by atoms with Crippen LogP contribution in [0.1, 0.15) is 29.9 Å². The molecule has 0 aliphatic rings. The third kappa shape index (κ3) is 4.22. The average Bonchev–Trinajstić information content (AvgIpc) is 2.68. The maximum Gasteiger partial charge on any atom is 0.274 e. The van der Waals surface area contributed by atoms with Crippen molar-refractivity contribution in [2.24, 2.45) is 5.92 Å². The summed E-state index contributed by atoms with van der Waals surface area (Å²) in [5.74, 6) is -0.0417. The standard InChI is InChI=1S/C22H26N4O2/c1-15(2)14-26-22(28)19-11-6-5-10-18(19)20(24-26)21(27)23-13-16-8-7-9-17(12-16)25(3)4/h5-12,15H,13-14H2,1-4H3,(H,23,27). The molecule has 28 heavy (non-hydrogen) atoms. The lowest BCUT2D eigenvalue weighted by Gasteiger charge is -2.14. The quantitative estimate of drug-likeness (QED) is 0.716. The predicted octanol–water partition coefficient (Wildman–Crippen LogP) is 3.05. The molecule has 0 spiro atoms. The normalized spacial score (nSPS) is 11.0. The number of anilines is 1. The van der Waals surface area contributed by atoms with Crippen molar-refractivity contribution < 1.29 is 4.79 Å². The molecule has 0 aliphatic heterocycles. The van der Waals surface area contributed by atoms with Crippen molar-refractivity contribution in [3.63, 3.8) is 0 Å². The highest BCUT2D eigenvalue weighted by Crippen LogP contribution is 2.15. The van der Waals surface area contributed by atoms with E-state index in [0.717, 1.165) is 11.3 Å². The van der Waals surface area contributed by atoms with Crippen molar-refractivity contribution >= 4 is 22.4 Å². The SMILES string of the molecule is CC(C)Cn1nc(C(=O)NCc2cccc(N(C)C)c2)c2ccccc2c1=O. The van der Waals surface area contributed by atoms with E-state index in [1.54, 1.807) is 18.2 Å². The molecule has 0 radical (unpaired) electrons. The summed E-state index contributed by atoms with van der Waals surface area (Å²) in [5, 5.41) is 8.41. The van der Waals surface area contributed by atoms with Crippen LogP contribution in [0.3, 0.4) is 0 Å². The third-order valence-corrected chi connectivity index (χ3v) is 4.50. The molecule has 0 fully saturated rings. The molecule has 0 saturated heterocycles. The van der Waals surface area contributed by atoms with Crippen LogP contribution in [0.15, 0.2) is 53.3 Å². The lowest BCUT2D eigenvalue weighted by molar-refractivity contribution is 0.0945. The van der Waals surface area contributed by atoms with Crippen molar-refractivity contribution in [2.75, 3.05) is 19.0 Å². The van der Waals surface area contributed by atoms with Crippen LogP contribution in [-0.4, -0.2) is 29.8 Å². The van der Waals surface area contributed by atoms with Gasteiger partial charge in [0.1, 0.15) is 0 Å². The molecule has 3 rings (SSSR count). The average molecular weight is 378 g/mol. The first-order valence-electron chi connectivity index (χ1n) is 9.41. The van der Waals surface area contributed by atoms with Crippen LogP contribution in [0.25, 0.3) is 10.8 Å². The molecule has 0 bridgehead atoms. The molecule has 0 unspecified atom stereocenters. The van der Waals surface area contributed by atoms with E-state index in [1.165, 1.54) is 4.68 Å². The Labute approximate surface area is 164 Å². The van der Waals surface area contributed by atoms with Crippen LogP contribution in [0, 0.1) is 5.92 Å². The molecule has 1 amide bonds. The van der Waals surface area contributed by atoms with Gasteiger partial charge in [0.05, 0.1) is 5.39 Å². The molecular weight excluding hydrogens is 352 g/mol. The zero-order valence-corrected chi connectivity index (χ0v) is 16.8. The van der Waals surface area contributed by atoms with E-state index in [-0.39, 0.29) is 23.1 Å². The van der Waals surface area contributed by atoms with Gasteiger partial charge >= 0.3 is 0 Å². The van der Waals surface area contributed by atoms with Crippen LogP contribution in [0.4, 0.5) is 5.69 Å². The maximum atomic E-state index is 12.9. The Morgan fingerprint density at radius 2 is 1.82 bits per heavy atom. The Bertz CT molecular complexity index is 1050. The summed E-state index contributed by atoms with van der Waals surface area (Å²) >= 11 is 0. The highest BCUT2D eigenvalue weighted by atomic mass is 16.2. The fourth-order valence-electron chi connectivity index (χ4n) is 3.08. The molecule has 6 nitrogen and oxygen atoms in total. The van der Waals surface area contributed by atoms with Gasteiger partial charge in [-0.05, 0) is 29.7 Å². The Kier molecular flexibility index (Phi) is 5.78. The first kappa shape index (κ1) is 19.6. The van der Waals surface area contributed by atoms with E-state index in [4.69, 9.17) is 0 Å².